The van der Waals surface area contributed by atoms with Crippen molar-refractivity contribution in [3.8, 4) is 0 Å². The maximum atomic E-state index is 0. The van der Waals surface area contributed by atoms with Crippen LogP contribution in [-0.2, 0) is 0 Å². The monoisotopic (exact) mass is 6140 g/mol. The molecular formula is Rf23. The molecule has 0 rings (SSSR count). The molecule has 0 bridgehead atoms. The minimum atomic E-state index is 0. The second kappa shape index (κ2) is -0.00756. The molecule has 0 aromatic rings. The van der Waals surface area contributed by atoms with Crippen LogP contribution < -0.4 is 0 Å². The van der Waals surface area contributed by atoms with E-state index in [0.29, 0.717) is 0 Å². The van der Waals surface area contributed by atoms with E-state index in [0.717, 1.165) is 0 Å². The van der Waals surface area contributed by atoms with Crippen LogP contribution in [0, 0.1) is 0 Å². The van der Waals surface area contributed by atoms with Gasteiger partial charge in [-0.3, -0.25) is 0 Å². The van der Waals surface area contributed by atoms with E-state index in [1.54, 1.807) is 0 Å². The first kappa shape index (κ1) is 0. The van der Waals surface area contributed by atoms with Gasteiger partial charge in [0.15, 0.2) is 0 Å². The van der Waals surface area contributed by atoms with Crippen LogP contribution in [0.3, 0.4) is 0 Å². The molecule has 0 heterocycles. The van der Waals surface area contributed by atoms with Gasteiger partial charge in [0.1, 0.15) is 0 Å². The topological polar surface area (TPSA) is 0 Å². The van der Waals surface area contributed by atoms with Crippen LogP contribution in [-0.4, -0.2) is 0 Å². The van der Waals surface area contributed by atoms with Crippen molar-refractivity contribution >= 4 is 0 Å². The molecule has 0 unspecified atom stereocenters. The van der Waals surface area contributed by atoms with E-state index in [1.807, 2.05) is 0 Å². The van der Waals surface area contributed by atoms with E-state index < -0.39 is 0 Å². The number of rotatable bonds is 0. The molecule has 0 saturated carbocycles. The van der Waals surface area contributed by atoms with Gasteiger partial charge in [0.25, 0.3) is 0 Å². The molecule has 0 radical (unpaired) electrons. The summed E-state index contributed by atoms with van der Waals surface area (Å²) in [6, 6.07) is 0. The van der Waals surface area contributed by atoms with Gasteiger partial charge in [-0.2, -0.15) is 0 Å². The summed E-state index contributed by atoms with van der Waals surface area (Å²) in [5.41, 5.74) is 0. The SMILES string of the molecule is [Rf].[Rf].[Rf].[Rf].[Rf].[Rf].[Rf].[Rf].[Rf].[Rf].[Rf].[Rf].[Rf].[Rf].[Rf].[Rf].[Rf].[Rf].[Rf].[Rf].[Rf].[Rf].[Rf]. The fourth-order valence-corrected chi connectivity index (χ4v) is 0. The third kappa shape index (κ3) is -0.0170. The third-order valence-corrected chi connectivity index (χ3v) is 0. The molecule has 0 aliphatic rings. The van der Waals surface area contributed by atoms with Gasteiger partial charge in [0.05, 0.1) is 0 Å². The first-order chi connectivity index (χ1) is 0. The van der Waals surface area contributed by atoms with Gasteiger partial charge in [-0.05, 0) is 0 Å². The summed E-state index contributed by atoms with van der Waals surface area (Å²) in [6.07, 6.45) is 0. The van der Waals surface area contributed by atoms with Gasteiger partial charge < -0.3 is 0 Å². The molecular weight excluding hydrogens is 6140 g/mol. The summed E-state index contributed by atoms with van der Waals surface area (Å²) in [4.78, 5) is 0. The van der Waals surface area contributed by atoms with Crippen LogP contribution in [0.5, 0.6) is 0 Å². The van der Waals surface area contributed by atoms with E-state index in [4.69, 9.17) is 0 Å². The average Bonchev–Trinajstić information content (AvgIpc) is 0. The van der Waals surface area contributed by atoms with Crippen molar-refractivity contribution < 1.29 is 0 Å². The van der Waals surface area contributed by atoms with Crippen molar-refractivity contribution in [2.45, 2.75) is 0 Å². The molecule has 23 heteroatoms. The van der Waals surface area contributed by atoms with Crippen molar-refractivity contribution in [3.63, 3.8) is 0 Å². The molecule has 0 aliphatic carbocycles. The molecule has 0 fully saturated rings. The summed E-state index contributed by atoms with van der Waals surface area (Å²) in [7, 11) is 0. The normalized spacial score (nSPS) is 0. The summed E-state index contributed by atoms with van der Waals surface area (Å²) in [5, 5.41) is 0. The molecule has 0 aromatic heterocycles. The molecule has 0 nitrogen and oxygen atoms in total. The van der Waals surface area contributed by atoms with E-state index in [1.165, 1.54) is 0 Å². The Morgan fingerprint density at radius 2 is 0.0435 bits per heavy atom. The van der Waals surface area contributed by atoms with Crippen LogP contribution in [0.1, 0.15) is 0 Å². The standard InChI is InChI=1S/23Rf. The average molecular weight is 6140 g/mol. The summed E-state index contributed by atoms with van der Waals surface area (Å²) >= 11 is 0. The summed E-state index contributed by atoms with van der Waals surface area (Å²) in [5.74, 6) is 0. The van der Waals surface area contributed by atoms with E-state index in [-0.39, 0.29) is 0 Å². The van der Waals surface area contributed by atoms with Gasteiger partial charge >= 0.3 is 0 Å². The van der Waals surface area contributed by atoms with Crippen molar-refractivity contribution in [1.29, 1.82) is 0 Å². The van der Waals surface area contributed by atoms with Crippen LogP contribution in [0.2, 0.25) is 0 Å². The largest absolute Gasteiger partial charge is 0 e. The van der Waals surface area contributed by atoms with Crippen LogP contribution >= 0.6 is 0 Å². The third-order valence-electron chi connectivity index (χ3n) is 0. The minimum absolute atomic E-state index is 0. The first-order valence-electron chi connectivity index (χ1n) is 0. The van der Waals surface area contributed by atoms with E-state index >= 15 is 0 Å². The maximum Gasteiger partial charge on any atom is 0 e. The predicted molar refractivity (Wildman–Crippen MR) is 0 cm³/mol. The Bertz CT molecular complexity index is 0. The Morgan fingerprint density at radius 1 is 0.0435 bits per heavy atom. The number of hydrogen-bond acceptors (Lipinski definition) is 0. The molecule has 0 aliphatic heterocycles. The molecule has 0 atom stereocenters. The minimum Gasteiger partial charge on any atom is 0 e. The zero-order valence-electron chi connectivity index (χ0n) is 16.3. The van der Waals surface area contributed by atoms with Gasteiger partial charge in [-0.1, -0.05) is 0 Å². The van der Waals surface area contributed by atoms with Crippen molar-refractivity contribution in [2.24, 2.45) is 0 Å². The molecule has 0 spiro atoms. The second-order valence-electron chi connectivity index (χ2n) is 0. The summed E-state index contributed by atoms with van der Waals surface area (Å²) < 4.78 is 0. The predicted octanol–water partition coefficient (Wildman–Crippen LogP) is 0. The number of hydrogen-bond donors (Lipinski definition) is 0. The Morgan fingerprint density at radius 3 is 0.0435 bits per heavy atom. The van der Waals surface area contributed by atoms with E-state index in [2.05, 4.69) is 0 Å². The van der Waals surface area contributed by atoms with Crippen molar-refractivity contribution in [3.05, 3.63) is 0 Å². The van der Waals surface area contributed by atoms with Crippen molar-refractivity contribution in [2.75, 3.05) is 0 Å². The van der Waals surface area contributed by atoms with E-state index in [9.17, 15) is 0 Å². The smallest absolute Gasteiger partial charge is 0 e. The van der Waals surface area contributed by atoms with Crippen LogP contribution in [0.25, 0.3) is 0 Å². The molecule has 0 saturated heterocycles. The maximum absolute atomic E-state index is 0. The van der Waals surface area contributed by atoms with Crippen LogP contribution in [0.4, 0.5) is 0 Å². The second-order valence-corrected chi connectivity index (χ2v) is 0. The zero-order chi connectivity index (χ0) is 0. The van der Waals surface area contributed by atoms with Gasteiger partial charge in [-0.15, -0.1) is 0 Å². The Hall–Kier alpha value is -23.0. The Balaban J connectivity index is 0. The molecule has 0 aromatic carbocycles. The molecule has 0 amide bonds. The fourth-order valence-electron chi connectivity index (χ4n) is 0. The molecule has 0 N–H and O–H groups in total. The summed E-state index contributed by atoms with van der Waals surface area (Å²) in [6.45, 7) is 0. The van der Waals surface area contributed by atoms with Gasteiger partial charge in [-0.25, -0.2) is 0 Å². The molecule has 23 heavy (non-hydrogen) atoms. The van der Waals surface area contributed by atoms with Gasteiger partial charge in [0.2, 0.25) is 0 Å². The van der Waals surface area contributed by atoms with Crippen LogP contribution in [0.15, 0.2) is 0 Å². The Labute approximate surface area is 0 Å². The van der Waals surface area contributed by atoms with Crippen molar-refractivity contribution in [1.82, 2.24) is 0 Å². The Kier molecular flexibility index (Phi) is 0. The zero-order valence-corrected chi connectivity index (χ0v) is 163. The first-order valence-corrected chi connectivity index (χ1v) is 0. The quantitative estimate of drug-likeness (QED) is 0.321. The van der Waals surface area contributed by atoms with Gasteiger partial charge in [0, 0.05) is 0 Å². The molecule has 46 valence electrons. The fraction of sp³-hybridized carbons (Fsp3) is 0.